The molecule has 0 aromatic carbocycles. The molecule has 0 aliphatic carbocycles. The van der Waals surface area contributed by atoms with Gasteiger partial charge >= 0.3 is 0 Å². The Labute approximate surface area is 114 Å². The minimum absolute atomic E-state index is 0.221. The van der Waals surface area contributed by atoms with Gasteiger partial charge in [-0.1, -0.05) is 0 Å². The molecular formula is C14H23N3O2. The standard InChI is InChI=1S/C14H23N3O2/c1-10-9-12(14(19)17(4)11(10)2)13(18)16-8-6-5-7-15-3/h9,15H,5-8H2,1-4H3,(H,16,18). The lowest BCUT2D eigenvalue weighted by Crippen LogP contribution is -2.34. The van der Waals surface area contributed by atoms with E-state index in [2.05, 4.69) is 10.6 Å². The van der Waals surface area contributed by atoms with Crippen molar-refractivity contribution in [2.45, 2.75) is 26.7 Å². The van der Waals surface area contributed by atoms with Crippen LogP contribution in [0.5, 0.6) is 0 Å². The Balaban J connectivity index is 2.70. The van der Waals surface area contributed by atoms with Crippen LogP contribution >= 0.6 is 0 Å². The van der Waals surface area contributed by atoms with Crippen molar-refractivity contribution in [3.05, 3.63) is 33.2 Å². The van der Waals surface area contributed by atoms with Crippen LogP contribution in [0.3, 0.4) is 0 Å². The Morgan fingerprint density at radius 2 is 1.89 bits per heavy atom. The van der Waals surface area contributed by atoms with E-state index in [0.29, 0.717) is 6.54 Å². The average molecular weight is 265 g/mol. The summed E-state index contributed by atoms with van der Waals surface area (Å²) in [6, 6.07) is 1.67. The Morgan fingerprint density at radius 3 is 2.53 bits per heavy atom. The number of pyridine rings is 1. The molecule has 19 heavy (non-hydrogen) atoms. The summed E-state index contributed by atoms with van der Waals surface area (Å²) in [5.41, 5.74) is 1.81. The number of rotatable bonds is 6. The highest BCUT2D eigenvalue weighted by molar-refractivity contribution is 5.94. The minimum atomic E-state index is -0.284. The molecule has 0 aliphatic rings. The van der Waals surface area contributed by atoms with Gasteiger partial charge in [0.15, 0.2) is 0 Å². The number of hydrogen-bond donors (Lipinski definition) is 2. The van der Waals surface area contributed by atoms with E-state index in [9.17, 15) is 9.59 Å². The summed E-state index contributed by atoms with van der Waals surface area (Å²) in [6.45, 7) is 5.30. The average Bonchev–Trinajstić information content (AvgIpc) is 2.40. The van der Waals surface area contributed by atoms with Crippen molar-refractivity contribution >= 4 is 5.91 Å². The zero-order valence-electron chi connectivity index (χ0n) is 12.2. The molecule has 0 aliphatic heterocycles. The Bertz CT molecular complexity index is 506. The molecule has 5 nitrogen and oxygen atoms in total. The van der Waals surface area contributed by atoms with Gasteiger partial charge in [-0.2, -0.15) is 0 Å². The maximum absolute atomic E-state index is 12.0. The third kappa shape index (κ3) is 3.92. The fourth-order valence-electron chi connectivity index (χ4n) is 1.87. The summed E-state index contributed by atoms with van der Waals surface area (Å²) in [6.07, 6.45) is 1.90. The predicted octanol–water partition coefficient (Wildman–Crippen LogP) is 0.732. The molecule has 0 fully saturated rings. The molecular weight excluding hydrogens is 242 g/mol. The van der Waals surface area contributed by atoms with Crippen LogP contribution in [0.2, 0.25) is 0 Å². The first kappa shape index (κ1) is 15.4. The second-order valence-electron chi connectivity index (χ2n) is 4.76. The normalized spacial score (nSPS) is 10.5. The number of carbonyl (C=O) groups excluding carboxylic acids is 1. The van der Waals surface area contributed by atoms with Gasteiger partial charge < -0.3 is 15.2 Å². The molecule has 0 bridgehead atoms. The van der Waals surface area contributed by atoms with Crippen LogP contribution in [0.25, 0.3) is 0 Å². The Morgan fingerprint density at radius 1 is 1.26 bits per heavy atom. The Kier molecular flexibility index (Phi) is 5.76. The maximum Gasteiger partial charge on any atom is 0.263 e. The lowest BCUT2D eigenvalue weighted by Gasteiger charge is -2.10. The molecule has 1 amide bonds. The second kappa shape index (κ2) is 7.09. The van der Waals surface area contributed by atoms with E-state index >= 15 is 0 Å². The van der Waals surface area contributed by atoms with Gasteiger partial charge in [-0.25, -0.2) is 0 Å². The monoisotopic (exact) mass is 265 g/mol. The summed E-state index contributed by atoms with van der Waals surface area (Å²) >= 11 is 0. The van der Waals surface area contributed by atoms with Gasteiger partial charge in [0.2, 0.25) is 0 Å². The number of nitrogens with zero attached hydrogens (tertiary/aromatic N) is 1. The van der Waals surface area contributed by atoms with Gasteiger partial charge in [0, 0.05) is 19.3 Å². The van der Waals surface area contributed by atoms with Crippen molar-refractivity contribution in [3.63, 3.8) is 0 Å². The molecule has 0 radical (unpaired) electrons. The number of amides is 1. The number of unbranched alkanes of at least 4 members (excludes halogenated alkanes) is 1. The summed E-state index contributed by atoms with van der Waals surface area (Å²) in [5, 5.41) is 5.84. The smallest absolute Gasteiger partial charge is 0.263 e. The quantitative estimate of drug-likeness (QED) is 0.745. The van der Waals surface area contributed by atoms with Crippen molar-refractivity contribution in [2.75, 3.05) is 20.1 Å². The van der Waals surface area contributed by atoms with Crippen LogP contribution in [0.15, 0.2) is 10.9 Å². The molecule has 0 spiro atoms. The molecule has 1 heterocycles. The van der Waals surface area contributed by atoms with Crippen molar-refractivity contribution in [1.29, 1.82) is 0 Å². The van der Waals surface area contributed by atoms with Gasteiger partial charge in [0.05, 0.1) is 0 Å². The molecule has 2 N–H and O–H groups in total. The number of carbonyl (C=O) groups is 1. The highest BCUT2D eigenvalue weighted by Crippen LogP contribution is 2.05. The summed E-state index contributed by atoms with van der Waals surface area (Å²) < 4.78 is 1.52. The summed E-state index contributed by atoms with van der Waals surface area (Å²) in [4.78, 5) is 24.0. The molecule has 0 unspecified atom stereocenters. The summed E-state index contributed by atoms with van der Waals surface area (Å²) in [5.74, 6) is -0.284. The first-order valence-corrected chi connectivity index (χ1v) is 6.59. The Hall–Kier alpha value is -1.62. The van der Waals surface area contributed by atoms with Crippen LogP contribution in [0, 0.1) is 13.8 Å². The van der Waals surface area contributed by atoms with Crippen LogP contribution < -0.4 is 16.2 Å². The third-order valence-electron chi connectivity index (χ3n) is 3.35. The first-order valence-electron chi connectivity index (χ1n) is 6.59. The molecule has 1 rings (SSSR count). The van der Waals surface area contributed by atoms with Crippen molar-refractivity contribution in [1.82, 2.24) is 15.2 Å². The van der Waals surface area contributed by atoms with Crippen molar-refractivity contribution in [3.8, 4) is 0 Å². The van der Waals surface area contributed by atoms with E-state index in [1.165, 1.54) is 4.57 Å². The predicted molar refractivity (Wildman–Crippen MR) is 76.7 cm³/mol. The molecule has 5 heteroatoms. The summed E-state index contributed by atoms with van der Waals surface area (Å²) in [7, 11) is 3.59. The van der Waals surface area contributed by atoms with E-state index in [0.717, 1.165) is 30.6 Å². The number of hydrogen-bond acceptors (Lipinski definition) is 3. The highest BCUT2D eigenvalue weighted by Gasteiger charge is 2.13. The fraction of sp³-hybridized carbons (Fsp3) is 0.571. The fourth-order valence-corrected chi connectivity index (χ4v) is 1.87. The van der Waals surface area contributed by atoms with Crippen LogP contribution in [-0.4, -0.2) is 30.6 Å². The van der Waals surface area contributed by atoms with Crippen LogP contribution in [-0.2, 0) is 7.05 Å². The maximum atomic E-state index is 12.0. The largest absolute Gasteiger partial charge is 0.352 e. The highest BCUT2D eigenvalue weighted by atomic mass is 16.2. The molecule has 0 saturated carbocycles. The number of aromatic nitrogens is 1. The molecule has 1 aromatic heterocycles. The molecule has 0 atom stereocenters. The molecule has 0 saturated heterocycles. The van der Waals surface area contributed by atoms with E-state index in [1.807, 2.05) is 20.9 Å². The lowest BCUT2D eigenvalue weighted by molar-refractivity contribution is 0.0951. The van der Waals surface area contributed by atoms with E-state index in [1.54, 1.807) is 13.1 Å². The van der Waals surface area contributed by atoms with Gasteiger partial charge in [-0.3, -0.25) is 9.59 Å². The van der Waals surface area contributed by atoms with Gasteiger partial charge in [-0.05, 0) is 51.9 Å². The molecule has 1 aromatic rings. The minimum Gasteiger partial charge on any atom is -0.352 e. The van der Waals surface area contributed by atoms with Crippen LogP contribution in [0.1, 0.15) is 34.5 Å². The number of nitrogens with one attached hydrogen (secondary N) is 2. The second-order valence-corrected chi connectivity index (χ2v) is 4.76. The molecule has 106 valence electrons. The first-order chi connectivity index (χ1) is 8.99. The topological polar surface area (TPSA) is 63.1 Å². The lowest BCUT2D eigenvalue weighted by atomic mass is 10.1. The third-order valence-corrected chi connectivity index (χ3v) is 3.35. The SMILES string of the molecule is CNCCCCNC(=O)c1cc(C)c(C)n(C)c1=O. The van der Waals surface area contributed by atoms with Gasteiger partial charge in [-0.15, -0.1) is 0 Å². The van der Waals surface area contributed by atoms with E-state index < -0.39 is 0 Å². The van der Waals surface area contributed by atoms with E-state index in [-0.39, 0.29) is 17.0 Å². The number of aryl methyl sites for hydroxylation is 1. The van der Waals surface area contributed by atoms with Crippen molar-refractivity contribution in [2.24, 2.45) is 7.05 Å². The zero-order chi connectivity index (χ0) is 14.4. The van der Waals surface area contributed by atoms with Gasteiger partial charge in [0.1, 0.15) is 5.56 Å². The van der Waals surface area contributed by atoms with Gasteiger partial charge in [0.25, 0.3) is 11.5 Å². The van der Waals surface area contributed by atoms with Crippen molar-refractivity contribution < 1.29 is 4.79 Å². The zero-order valence-corrected chi connectivity index (χ0v) is 12.2. The van der Waals surface area contributed by atoms with Crippen LogP contribution in [0.4, 0.5) is 0 Å². The van der Waals surface area contributed by atoms with E-state index in [4.69, 9.17) is 0 Å².